The first-order valence-electron chi connectivity index (χ1n) is 7.22. The fraction of sp³-hybridized carbons (Fsp3) is 0.158. The Morgan fingerprint density at radius 2 is 1.79 bits per heavy atom. The number of rotatable bonds is 6. The van der Waals surface area contributed by atoms with Gasteiger partial charge in [0, 0.05) is 5.56 Å². The van der Waals surface area contributed by atoms with Crippen LogP contribution in [0.15, 0.2) is 54.1 Å². The molecule has 0 saturated carbocycles. The molecule has 0 heterocycles. The van der Waals surface area contributed by atoms with E-state index in [1.807, 2.05) is 18.2 Å². The van der Waals surface area contributed by atoms with Crippen molar-refractivity contribution in [3.05, 3.63) is 65.2 Å². The van der Waals surface area contributed by atoms with Crippen LogP contribution in [0.2, 0.25) is 0 Å². The molecule has 0 atom stereocenters. The molecule has 0 aliphatic rings. The zero-order chi connectivity index (χ0) is 17.4. The average molecular weight is 323 g/mol. The third kappa shape index (κ3) is 4.37. The normalized spacial score (nSPS) is 10.6. The Labute approximate surface area is 140 Å². The van der Waals surface area contributed by atoms with Gasteiger partial charge in [-0.15, -0.1) is 0 Å². The second-order valence-corrected chi connectivity index (χ2v) is 4.83. The molecule has 2 aromatic rings. The summed E-state index contributed by atoms with van der Waals surface area (Å²) in [6.45, 7) is 0.0322. The highest BCUT2D eigenvalue weighted by atomic mass is 16.5. The van der Waals surface area contributed by atoms with E-state index < -0.39 is 5.97 Å². The molecule has 2 rings (SSSR count). The molecular formula is C19H17NO4. The molecule has 0 fully saturated rings. The Morgan fingerprint density at radius 3 is 2.42 bits per heavy atom. The maximum Gasteiger partial charge on any atom is 0.349 e. The van der Waals surface area contributed by atoms with Crippen LogP contribution in [0.3, 0.4) is 0 Å². The van der Waals surface area contributed by atoms with Gasteiger partial charge in [0.05, 0.1) is 14.2 Å². The van der Waals surface area contributed by atoms with Gasteiger partial charge in [0.1, 0.15) is 29.7 Å². The van der Waals surface area contributed by atoms with E-state index >= 15 is 0 Å². The van der Waals surface area contributed by atoms with E-state index in [0.717, 1.165) is 5.56 Å². The van der Waals surface area contributed by atoms with Crippen LogP contribution in [-0.4, -0.2) is 20.2 Å². The van der Waals surface area contributed by atoms with Crippen molar-refractivity contribution < 1.29 is 19.0 Å². The fourth-order valence-electron chi connectivity index (χ4n) is 2.05. The van der Waals surface area contributed by atoms with Crippen molar-refractivity contribution in [2.24, 2.45) is 0 Å². The SMILES string of the molecule is COc1ccc(/C=C(\C#N)C(=O)OCc2ccccc2OC)cc1. The van der Waals surface area contributed by atoms with Crippen LogP contribution in [0.5, 0.6) is 11.5 Å². The molecule has 0 saturated heterocycles. The second-order valence-electron chi connectivity index (χ2n) is 4.83. The minimum atomic E-state index is -0.681. The van der Waals surface area contributed by atoms with Gasteiger partial charge in [-0.1, -0.05) is 30.3 Å². The van der Waals surface area contributed by atoms with Crippen LogP contribution in [0, 0.1) is 11.3 Å². The maximum atomic E-state index is 12.1. The molecule has 0 unspecified atom stereocenters. The number of carbonyl (C=O) groups excluding carboxylic acids is 1. The minimum Gasteiger partial charge on any atom is -0.497 e. The predicted octanol–water partition coefficient (Wildman–Crippen LogP) is 3.35. The zero-order valence-corrected chi connectivity index (χ0v) is 13.5. The van der Waals surface area contributed by atoms with E-state index in [2.05, 4.69) is 0 Å². The van der Waals surface area contributed by atoms with E-state index in [4.69, 9.17) is 14.2 Å². The number of nitriles is 1. The molecule has 122 valence electrons. The topological polar surface area (TPSA) is 68.5 Å². The number of benzene rings is 2. The molecule has 2 aromatic carbocycles. The van der Waals surface area contributed by atoms with Crippen molar-refractivity contribution in [1.29, 1.82) is 5.26 Å². The Bertz CT molecular complexity index is 773. The summed E-state index contributed by atoms with van der Waals surface area (Å²) in [5, 5.41) is 9.19. The lowest BCUT2D eigenvalue weighted by Gasteiger charge is -2.08. The minimum absolute atomic E-state index is 0.0322. The van der Waals surface area contributed by atoms with Crippen LogP contribution >= 0.6 is 0 Å². The molecule has 0 aliphatic heterocycles. The third-order valence-electron chi connectivity index (χ3n) is 3.32. The largest absolute Gasteiger partial charge is 0.497 e. The van der Waals surface area contributed by atoms with Crippen molar-refractivity contribution in [2.45, 2.75) is 6.61 Å². The van der Waals surface area contributed by atoms with Gasteiger partial charge in [0.2, 0.25) is 0 Å². The number of hydrogen-bond donors (Lipinski definition) is 0. The quantitative estimate of drug-likeness (QED) is 0.463. The van der Waals surface area contributed by atoms with Crippen molar-refractivity contribution >= 4 is 12.0 Å². The summed E-state index contributed by atoms with van der Waals surface area (Å²) in [5.41, 5.74) is 1.37. The van der Waals surface area contributed by atoms with E-state index in [0.29, 0.717) is 17.1 Å². The summed E-state index contributed by atoms with van der Waals surface area (Å²) in [7, 11) is 3.12. The lowest BCUT2D eigenvalue weighted by atomic mass is 10.1. The van der Waals surface area contributed by atoms with Gasteiger partial charge in [-0.25, -0.2) is 4.79 Å². The first-order chi connectivity index (χ1) is 11.7. The van der Waals surface area contributed by atoms with Crippen molar-refractivity contribution in [3.8, 4) is 17.6 Å². The lowest BCUT2D eigenvalue weighted by Crippen LogP contribution is -2.07. The van der Waals surface area contributed by atoms with E-state index in [-0.39, 0.29) is 12.2 Å². The summed E-state index contributed by atoms with van der Waals surface area (Å²) in [6.07, 6.45) is 1.48. The Morgan fingerprint density at radius 1 is 1.08 bits per heavy atom. The van der Waals surface area contributed by atoms with Crippen LogP contribution < -0.4 is 9.47 Å². The summed E-state index contributed by atoms with van der Waals surface area (Å²) >= 11 is 0. The van der Waals surface area contributed by atoms with Crippen LogP contribution in [0.25, 0.3) is 6.08 Å². The second kappa shape index (κ2) is 8.39. The molecule has 0 spiro atoms. The molecule has 0 radical (unpaired) electrons. The lowest BCUT2D eigenvalue weighted by molar-refractivity contribution is -0.139. The Balaban J connectivity index is 2.08. The summed E-state index contributed by atoms with van der Waals surface area (Å²) in [4.78, 5) is 12.1. The average Bonchev–Trinajstić information content (AvgIpc) is 2.64. The van der Waals surface area contributed by atoms with Gasteiger partial charge in [-0.2, -0.15) is 5.26 Å². The summed E-state index contributed by atoms with van der Waals surface area (Å²) in [5.74, 6) is 0.645. The summed E-state index contributed by atoms with van der Waals surface area (Å²) in [6, 6.07) is 16.1. The van der Waals surface area contributed by atoms with Crippen molar-refractivity contribution in [1.82, 2.24) is 0 Å². The first-order valence-corrected chi connectivity index (χ1v) is 7.22. The molecular weight excluding hydrogens is 306 g/mol. The number of methoxy groups -OCH3 is 2. The maximum absolute atomic E-state index is 12.1. The van der Waals surface area contributed by atoms with Crippen molar-refractivity contribution in [2.75, 3.05) is 14.2 Å². The molecule has 24 heavy (non-hydrogen) atoms. The number of hydrogen-bond acceptors (Lipinski definition) is 5. The van der Waals surface area contributed by atoms with E-state index in [1.165, 1.54) is 6.08 Å². The molecule has 0 bridgehead atoms. The number of esters is 1. The predicted molar refractivity (Wildman–Crippen MR) is 89.4 cm³/mol. The van der Waals surface area contributed by atoms with Gasteiger partial charge < -0.3 is 14.2 Å². The highest BCUT2D eigenvalue weighted by Crippen LogP contribution is 2.19. The first kappa shape index (κ1) is 17.1. The molecule has 0 aromatic heterocycles. The van der Waals surface area contributed by atoms with Gasteiger partial charge in [-0.3, -0.25) is 0 Å². The fourth-order valence-corrected chi connectivity index (χ4v) is 2.05. The highest BCUT2D eigenvalue weighted by molar-refractivity contribution is 5.97. The number of nitrogens with zero attached hydrogens (tertiary/aromatic N) is 1. The van der Waals surface area contributed by atoms with Gasteiger partial charge in [-0.05, 0) is 29.8 Å². The number of ether oxygens (including phenoxy) is 3. The number of para-hydroxylation sites is 1. The molecule has 5 nitrogen and oxygen atoms in total. The van der Waals surface area contributed by atoms with Crippen LogP contribution in [-0.2, 0) is 16.1 Å². The molecule has 5 heteroatoms. The van der Waals surface area contributed by atoms with Crippen molar-refractivity contribution in [3.63, 3.8) is 0 Å². The number of carbonyl (C=O) groups is 1. The monoisotopic (exact) mass is 323 g/mol. The van der Waals surface area contributed by atoms with Crippen LogP contribution in [0.1, 0.15) is 11.1 Å². The van der Waals surface area contributed by atoms with E-state index in [1.54, 1.807) is 50.6 Å². The summed E-state index contributed by atoms with van der Waals surface area (Å²) < 4.78 is 15.5. The van der Waals surface area contributed by atoms with E-state index in [9.17, 15) is 10.1 Å². The highest BCUT2D eigenvalue weighted by Gasteiger charge is 2.12. The van der Waals surface area contributed by atoms with Gasteiger partial charge in [0.15, 0.2) is 0 Å². The molecule has 0 aliphatic carbocycles. The third-order valence-corrected chi connectivity index (χ3v) is 3.32. The standard InChI is InChI=1S/C19H17NO4/c1-22-17-9-7-14(8-10-17)11-16(12-20)19(21)24-13-15-5-3-4-6-18(15)23-2/h3-11H,13H2,1-2H3/b16-11+. The van der Waals surface area contributed by atoms with Gasteiger partial charge in [0.25, 0.3) is 0 Å². The molecule has 0 N–H and O–H groups in total. The Hall–Kier alpha value is -3.26. The molecule has 0 amide bonds. The Kier molecular flexibility index (Phi) is 5.98. The smallest absolute Gasteiger partial charge is 0.349 e. The van der Waals surface area contributed by atoms with Crippen LogP contribution in [0.4, 0.5) is 0 Å². The van der Waals surface area contributed by atoms with Gasteiger partial charge >= 0.3 is 5.97 Å². The zero-order valence-electron chi connectivity index (χ0n) is 13.5.